The maximum Gasteiger partial charge on any atom is 0.217 e. The van der Waals surface area contributed by atoms with Crippen molar-refractivity contribution in [3.05, 3.63) is 30.3 Å². The van der Waals surface area contributed by atoms with Gasteiger partial charge in [0, 0.05) is 12.8 Å². The summed E-state index contributed by atoms with van der Waals surface area (Å²) in [6.07, 6.45) is -0.576. The highest BCUT2D eigenvalue weighted by Crippen LogP contribution is 2.06. The third-order valence-electron chi connectivity index (χ3n) is 1.42. The number of nitriles is 1. The minimum absolute atomic E-state index is 0.576. The number of methoxy groups -OCH3 is 1. The van der Waals surface area contributed by atoms with Gasteiger partial charge in [0.05, 0.1) is 0 Å². The molecule has 0 heterocycles. The van der Waals surface area contributed by atoms with Crippen molar-refractivity contribution in [3.8, 4) is 6.07 Å². The van der Waals surface area contributed by atoms with Gasteiger partial charge in [-0.15, -0.1) is 0 Å². The first-order valence-electron chi connectivity index (χ1n) is 3.61. The van der Waals surface area contributed by atoms with Crippen molar-refractivity contribution in [1.82, 2.24) is 0 Å². The number of nitrogens with one attached hydrogen (secondary N) is 1. The highest BCUT2D eigenvalue weighted by Gasteiger charge is 2.02. The van der Waals surface area contributed by atoms with Gasteiger partial charge < -0.3 is 10.1 Å². The molecule has 0 radical (unpaired) electrons. The van der Waals surface area contributed by atoms with Crippen LogP contribution in [0.3, 0.4) is 0 Å². The van der Waals surface area contributed by atoms with E-state index >= 15 is 0 Å². The average Bonchev–Trinajstić information content (AvgIpc) is 2.16. The first-order chi connectivity index (χ1) is 5.86. The second-order valence-electron chi connectivity index (χ2n) is 2.26. The molecule has 1 N–H and O–H groups in total. The maximum absolute atomic E-state index is 8.55. The molecule has 0 aliphatic rings. The third-order valence-corrected chi connectivity index (χ3v) is 1.42. The summed E-state index contributed by atoms with van der Waals surface area (Å²) >= 11 is 0. The molecular weight excluding hydrogens is 152 g/mol. The number of ether oxygens (including phenoxy) is 1. The second-order valence-corrected chi connectivity index (χ2v) is 2.26. The summed E-state index contributed by atoms with van der Waals surface area (Å²) in [6, 6.07) is 11.4. The Morgan fingerprint density at radius 3 is 2.58 bits per heavy atom. The predicted octanol–water partition coefficient (Wildman–Crippen LogP) is 1.59. The van der Waals surface area contributed by atoms with Gasteiger partial charge in [0.1, 0.15) is 6.07 Å². The SMILES string of the molecule is COC(C#N)Nc1ccccc1. The summed E-state index contributed by atoms with van der Waals surface area (Å²) < 4.78 is 4.83. The van der Waals surface area contributed by atoms with Gasteiger partial charge in [-0.1, -0.05) is 18.2 Å². The Hall–Kier alpha value is -1.53. The molecule has 0 aromatic heterocycles. The van der Waals surface area contributed by atoms with Crippen molar-refractivity contribution >= 4 is 5.69 Å². The van der Waals surface area contributed by atoms with Gasteiger partial charge in [0.2, 0.25) is 6.23 Å². The molecule has 1 aromatic rings. The number of rotatable bonds is 3. The van der Waals surface area contributed by atoms with Crippen LogP contribution in [0.5, 0.6) is 0 Å². The molecular formula is C9H10N2O. The lowest BCUT2D eigenvalue weighted by Gasteiger charge is -2.09. The average molecular weight is 162 g/mol. The molecule has 0 spiro atoms. The number of nitrogens with zero attached hydrogens (tertiary/aromatic N) is 1. The van der Waals surface area contributed by atoms with Crippen molar-refractivity contribution in [2.45, 2.75) is 6.23 Å². The molecule has 0 saturated carbocycles. The Bertz CT molecular complexity index is 266. The summed E-state index contributed by atoms with van der Waals surface area (Å²) in [4.78, 5) is 0. The summed E-state index contributed by atoms with van der Waals surface area (Å²) in [5.41, 5.74) is 0.880. The van der Waals surface area contributed by atoms with Crippen molar-refractivity contribution in [3.63, 3.8) is 0 Å². The second kappa shape index (κ2) is 4.37. The molecule has 0 aliphatic heterocycles. The van der Waals surface area contributed by atoms with Crippen molar-refractivity contribution < 1.29 is 4.74 Å². The fraction of sp³-hybridized carbons (Fsp3) is 0.222. The largest absolute Gasteiger partial charge is 0.349 e. The van der Waals surface area contributed by atoms with E-state index in [2.05, 4.69) is 5.32 Å². The monoisotopic (exact) mass is 162 g/mol. The Labute approximate surface area is 71.6 Å². The van der Waals surface area contributed by atoms with E-state index in [4.69, 9.17) is 10.00 Å². The summed E-state index contributed by atoms with van der Waals surface area (Å²) in [7, 11) is 1.49. The molecule has 1 atom stereocenters. The first kappa shape index (κ1) is 8.57. The minimum atomic E-state index is -0.576. The molecule has 0 bridgehead atoms. The zero-order valence-corrected chi connectivity index (χ0v) is 6.82. The van der Waals surface area contributed by atoms with Gasteiger partial charge in [-0.3, -0.25) is 0 Å². The van der Waals surface area contributed by atoms with Crippen LogP contribution in [0.25, 0.3) is 0 Å². The summed E-state index contributed by atoms with van der Waals surface area (Å²) in [5, 5.41) is 11.4. The van der Waals surface area contributed by atoms with Gasteiger partial charge in [-0.05, 0) is 12.1 Å². The lowest BCUT2D eigenvalue weighted by Crippen LogP contribution is -2.18. The summed E-state index contributed by atoms with van der Waals surface area (Å²) in [5.74, 6) is 0. The lowest BCUT2D eigenvalue weighted by atomic mass is 10.3. The molecule has 1 aromatic carbocycles. The van der Waals surface area contributed by atoms with E-state index in [0.717, 1.165) is 5.69 Å². The third kappa shape index (κ3) is 2.26. The van der Waals surface area contributed by atoms with Gasteiger partial charge in [-0.25, -0.2) is 0 Å². The fourth-order valence-electron chi connectivity index (χ4n) is 0.830. The van der Waals surface area contributed by atoms with Gasteiger partial charge in [0.25, 0.3) is 0 Å². The van der Waals surface area contributed by atoms with Crippen LogP contribution in [0.4, 0.5) is 5.69 Å². The highest BCUT2D eigenvalue weighted by atomic mass is 16.5. The van der Waals surface area contributed by atoms with Crippen LogP contribution in [0.1, 0.15) is 0 Å². The van der Waals surface area contributed by atoms with E-state index < -0.39 is 6.23 Å². The molecule has 0 aliphatic carbocycles. The van der Waals surface area contributed by atoms with Gasteiger partial charge in [0.15, 0.2) is 0 Å². The Kier molecular flexibility index (Phi) is 3.12. The molecule has 12 heavy (non-hydrogen) atoms. The zero-order valence-electron chi connectivity index (χ0n) is 6.82. The van der Waals surface area contributed by atoms with Crippen LogP contribution in [0.15, 0.2) is 30.3 Å². The van der Waals surface area contributed by atoms with Crippen LogP contribution in [0, 0.1) is 11.3 Å². The normalized spacial score (nSPS) is 11.7. The van der Waals surface area contributed by atoms with Crippen LogP contribution < -0.4 is 5.32 Å². The smallest absolute Gasteiger partial charge is 0.217 e. The molecule has 62 valence electrons. The Balaban J connectivity index is 2.58. The molecule has 0 amide bonds. The Morgan fingerprint density at radius 2 is 2.08 bits per heavy atom. The number of hydrogen-bond donors (Lipinski definition) is 1. The number of hydrogen-bond acceptors (Lipinski definition) is 3. The zero-order chi connectivity index (χ0) is 8.81. The molecule has 3 heteroatoms. The highest BCUT2D eigenvalue weighted by molar-refractivity contribution is 5.43. The number of para-hydroxylation sites is 1. The minimum Gasteiger partial charge on any atom is -0.349 e. The number of benzene rings is 1. The van der Waals surface area contributed by atoms with Crippen molar-refractivity contribution in [2.75, 3.05) is 12.4 Å². The molecule has 1 rings (SSSR count). The predicted molar refractivity (Wildman–Crippen MR) is 46.5 cm³/mol. The molecule has 3 nitrogen and oxygen atoms in total. The van der Waals surface area contributed by atoms with E-state index in [1.807, 2.05) is 36.4 Å². The molecule has 0 fully saturated rings. The van der Waals surface area contributed by atoms with Crippen LogP contribution >= 0.6 is 0 Å². The molecule has 1 unspecified atom stereocenters. The first-order valence-corrected chi connectivity index (χ1v) is 3.61. The number of anilines is 1. The van der Waals surface area contributed by atoms with Crippen molar-refractivity contribution in [2.24, 2.45) is 0 Å². The fourth-order valence-corrected chi connectivity index (χ4v) is 0.830. The van der Waals surface area contributed by atoms with E-state index in [0.29, 0.717) is 0 Å². The van der Waals surface area contributed by atoms with Crippen LogP contribution in [-0.4, -0.2) is 13.3 Å². The summed E-state index contributed by atoms with van der Waals surface area (Å²) in [6.45, 7) is 0. The van der Waals surface area contributed by atoms with E-state index in [1.165, 1.54) is 7.11 Å². The van der Waals surface area contributed by atoms with Gasteiger partial charge >= 0.3 is 0 Å². The molecule has 0 saturated heterocycles. The van der Waals surface area contributed by atoms with Gasteiger partial charge in [-0.2, -0.15) is 5.26 Å². The standard InChI is InChI=1S/C9H10N2O/c1-12-9(7-10)11-8-5-3-2-4-6-8/h2-6,9,11H,1H3. The topological polar surface area (TPSA) is 45.0 Å². The van der Waals surface area contributed by atoms with Crippen molar-refractivity contribution in [1.29, 1.82) is 5.26 Å². The van der Waals surface area contributed by atoms with E-state index in [9.17, 15) is 0 Å². The lowest BCUT2D eigenvalue weighted by molar-refractivity contribution is 0.168. The quantitative estimate of drug-likeness (QED) is 0.686. The van der Waals surface area contributed by atoms with Crippen LogP contribution in [-0.2, 0) is 4.74 Å². The van der Waals surface area contributed by atoms with E-state index in [-0.39, 0.29) is 0 Å². The van der Waals surface area contributed by atoms with E-state index in [1.54, 1.807) is 0 Å². The Morgan fingerprint density at radius 1 is 1.42 bits per heavy atom. The maximum atomic E-state index is 8.55. The van der Waals surface area contributed by atoms with Crippen LogP contribution in [0.2, 0.25) is 0 Å².